The van der Waals surface area contributed by atoms with Gasteiger partial charge in [-0.15, -0.1) is 0 Å². The summed E-state index contributed by atoms with van der Waals surface area (Å²) in [7, 11) is 0. The van der Waals surface area contributed by atoms with E-state index in [1.54, 1.807) is 0 Å². The highest BCUT2D eigenvalue weighted by Gasteiger charge is 2.44. The molecule has 0 atom stereocenters. The Morgan fingerprint density at radius 3 is 2.21 bits per heavy atom. The van der Waals surface area contributed by atoms with Crippen molar-refractivity contribution in [3.05, 3.63) is 90.3 Å². The van der Waals surface area contributed by atoms with Crippen LogP contribution in [0.4, 0.5) is 0 Å². The first kappa shape index (κ1) is 14.8. The van der Waals surface area contributed by atoms with Crippen LogP contribution in [0.15, 0.2) is 79.1 Å². The molecular weight excluding hydrogens is 296 g/mol. The van der Waals surface area contributed by atoms with Crippen LogP contribution in [0.3, 0.4) is 0 Å². The minimum atomic E-state index is -0.00346. The average molecular weight is 316 g/mol. The van der Waals surface area contributed by atoms with Gasteiger partial charge in [-0.05, 0) is 54.8 Å². The number of aromatic nitrogens is 1. The molecule has 3 nitrogen and oxygen atoms in total. The third kappa shape index (κ3) is 2.85. The van der Waals surface area contributed by atoms with Crippen molar-refractivity contribution in [2.24, 2.45) is 0 Å². The minimum Gasteiger partial charge on any atom is -0.351 e. The van der Waals surface area contributed by atoms with E-state index >= 15 is 0 Å². The van der Waals surface area contributed by atoms with Crippen LogP contribution in [-0.4, -0.2) is 17.0 Å². The van der Waals surface area contributed by atoms with E-state index in [4.69, 9.17) is 0 Å². The second-order valence-corrected chi connectivity index (χ2v) is 6.47. The predicted molar refractivity (Wildman–Crippen MR) is 95.5 cm³/mol. The minimum absolute atomic E-state index is 0.00346. The molecule has 4 rings (SSSR count). The van der Waals surface area contributed by atoms with Crippen molar-refractivity contribution in [3.63, 3.8) is 0 Å². The molecule has 120 valence electrons. The summed E-state index contributed by atoms with van der Waals surface area (Å²) in [5.74, 6) is -0.00346. The normalized spacial score (nSPS) is 15.0. The maximum atomic E-state index is 12.4. The van der Waals surface area contributed by atoms with Gasteiger partial charge in [0.05, 0.1) is 0 Å². The maximum absolute atomic E-state index is 12.4. The van der Waals surface area contributed by atoms with Crippen molar-refractivity contribution in [2.45, 2.75) is 18.3 Å². The number of carbonyl (C=O) groups is 1. The lowest BCUT2D eigenvalue weighted by atomic mass is 9.96. The molecule has 1 aromatic heterocycles. The van der Waals surface area contributed by atoms with Crippen LogP contribution < -0.4 is 5.32 Å². The van der Waals surface area contributed by atoms with Gasteiger partial charge in [0.25, 0.3) is 5.91 Å². The molecule has 1 aliphatic carbocycles. The van der Waals surface area contributed by atoms with Gasteiger partial charge >= 0.3 is 0 Å². The fourth-order valence-corrected chi connectivity index (χ4v) is 3.15. The van der Waals surface area contributed by atoms with Crippen LogP contribution in [0.25, 0.3) is 5.69 Å². The molecule has 0 spiro atoms. The summed E-state index contributed by atoms with van der Waals surface area (Å²) in [4.78, 5) is 12.4. The highest BCUT2D eigenvalue weighted by molar-refractivity contribution is 5.94. The molecule has 0 radical (unpaired) electrons. The van der Waals surface area contributed by atoms with Crippen molar-refractivity contribution < 1.29 is 4.79 Å². The zero-order chi connectivity index (χ0) is 16.4. The van der Waals surface area contributed by atoms with Crippen molar-refractivity contribution in [3.8, 4) is 5.69 Å². The van der Waals surface area contributed by atoms with E-state index in [-0.39, 0.29) is 11.3 Å². The van der Waals surface area contributed by atoms with Gasteiger partial charge in [0.15, 0.2) is 0 Å². The number of nitrogens with one attached hydrogen (secondary N) is 1. The van der Waals surface area contributed by atoms with Crippen LogP contribution in [0.2, 0.25) is 0 Å². The number of hydrogen-bond acceptors (Lipinski definition) is 1. The largest absolute Gasteiger partial charge is 0.351 e. The Morgan fingerprint density at radius 1 is 0.917 bits per heavy atom. The zero-order valence-electron chi connectivity index (χ0n) is 13.5. The first-order valence-electron chi connectivity index (χ1n) is 8.34. The van der Waals surface area contributed by atoms with Crippen LogP contribution >= 0.6 is 0 Å². The molecule has 0 saturated heterocycles. The molecule has 3 aromatic rings. The van der Waals surface area contributed by atoms with Crippen LogP contribution in [-0.2, 0) is 5.41 Å². The molecule has 1 aliphatic rings. The number of carbonyl (C=O) groups excluding carboxylic acids is 1. The van der Waals surface area contributed by atoms with Gasteiger partial charge < -0.3 is 9.88 Å². The molecule has 0 bridgehead atoms. The maximum Gasteiger partial charge on any atom is 0.251 e. The van der Waals surface area contributed by atoms with Crippen LogP contribution in [0, 0.1) is 0 Å². The third-order valence-electron chi connectivity index (χ3n) is 4.86. The summed E-state index contributed by atoms with van der Waals surface area (Å²) in [5, 5.41) is 3.11. The number of nitrogens with zero attached hydrogens (tertiary/aromatic N) is 1. The second-order valence-electron chi connectivity index (χ2n) is 6.47. The third-order valence-corrected chi connectivity index (χ3v) is 4.86. The number of hydrogen-bond donors (Lipinski definition) is 1. The second kappa shape index (κ2) is 6.00. The highest BCUT2D eigenvalue weighted by Crippen LogP contribution is 2.47. The molecule has 0 unspecified atom stereocenters. The first-order valence-corrected chi connectivity index (χ1v) is 8.34. The molecule has 2 aromatic carbocycles. The van der Waals surface area contributed by atoms with Crippen LogP contribution in [0.1, 0.15) is 28.8 Å². The molecule has 1 heterocycles. The summed E-state index contributed by atoms with van der Waals surface area (Å²) >= 11 is 0. The molecule has 24 heavy (non-hydrogen) atoms. The molecule has 1 saturated carbocycles. The predicted octanol–water partition coefficient (Wildman–Crippen LogP) is 3.94. The monoisotopic (exact) mass is 316 g/mol. The molecule has 1 N–H and O–H groups in total. The average Bonchev–Trinajstić information content (AvgIpc) is 3.24. The Bertz CT molecular complexity index is 816. The van der Waals surface area contributed by atoms with Gasteiger partial charge in [0.2, 0.25) is 0 Å². The molecular formula is C21H20N2O. The number of amides is 1. The molecule has 0 aliphatic heterocycles. The lowest BCUT2D eigenvalue weighted by Crippen LogP contribution is -2.32. The lowest BCUT2D eigenvalue weighted by Gasteiger charge is -2.16. The van der Waals surface area contributed by atoms with E-state index in [0.29, 0.717) is 12.1 Å². The van der Waals surface area contributed by atoms with E-state index in [1.165, 1.54) is 5.56 Å². The Labute approximate surface area is 141 Å². The van der Waals surface area contributed by atoms with Gasteiger partial charge in [0, 0.05) is 35.6 Å². The lowest BCUT2D eigenvalue weighted by molar-refractivity contribution is 0.0949. The van der Waals surface area contributed by atoms with E-state index < -0.39 is 0 Å². The summed E-state index contributed by atoms with van der Waals surface area (Å²) in [6.45, 7) is 0.704. The van der Waals surface area contributed by atoms with Crippen molar-refractivity contribution in [2.75, 3.05) is 6.54 Å². The Kier molecular flexibility index (Phi) is 3.69. The molecule has 1 fully saturated rings. The van der Waals surface area contributed by atoms with Crippen molar-refractivity contribution in [1.82, 2.24) is 9.88 Å². The van der Waals surface area contributed by atoms with E-state index in [2.05, 4.69) is 29.6 Å². The fourth-order valence-electron chi connectivity index (χ4n) is 3.15. The van der Waals surface area contributed by atoms with Gasteiger partial charge in [-0.25, -0.2) is 0 Å². The standard InChI is InChI=1S/C21H20N2O/c24-20(17-8-10-19(11-9-17)23-14-4-5-15-23)22-16-21(12-13-21)18-6-2-1-3-7-18/h1-11,14-15H,12-13,16H2,(H,22,24). The first-order chi connectivity index (χ1) is 11.8. The van der Waals surface area contributed by atoms with Crippen molar-refractivity contribution >= 4 is 5.91 Å². The zero-order valence-corrected chi connectivity index (χ0v) is 13.5. The van der Waals surface area contributed by atoms with Crippen LogP contribution in [0.5, 0.6) is 0 Å². The summed E-state index contributed by atoms with van der Waals surface area (Å²) in [5.41, 5.74) is 3.23. The Balaban J connectivity index is 1.42. The quantitative estimate of drug-likeness (QED) is 0.760. The molecule has 1 amide bonds. The topological polar surface area (TPSA) is 34.0 Å². The van der Waals surface area contributed by atoms with Crippen molar-refractivity contribution in [1.29, 1.82) is 0 Å². The molecule has 3 heteroatoms. The van der Waals surface area contributed by atoms with Gasteiger partial charge in [-0.1, -0.05) is 30.3 Å². The van der Waals surface area contributed by atoms with E-state index in [0.717, 1.165) is 18.5 Å². The number of rotatable bonds is 5. The van der Waals surface area contributed by atoms with Gasteiger partial charge in [0.1, 0.15) is 0 Å². The van der Waals surface area contributed by atoms with E-state index in [9.17, 15) is 4.79 Å². The summed E-state index contributed by atoms with van der Waals surface area (Å²) in [6, 6.07) is 22.2. The number of benzene rings is 2. The Hall–Kier alpha value is -2.81. The summed E-state index contributed by atoms with van der Waals surface area (Å²) in [6.07, 6.45) is 6.27. The highest BCUT2D eigenvalue weighted by atomic mass is 16.1. The van der Waals surface area contributed by atoms with Gasteiger partial charge in [-0.2, -0.15) is 0 Å². The SMILES string of the molecule is O=C(NCC1(c2ccccc2)CC1)c1ccc(-n2cccc2)cc1. The van der Waals surface area contributed by atoms with Gasteiger partial charge in [-0.3, -0.25) is 4.79 Å². The Morgan fingerprint density at radius 2 is 1.58 bits per heavy atom. The van der Waals surface area contributed by atoms with E-state index in [1.807, 2.05) is 59.4 Å². The smallest absolute Gasteiger partial charge is 0.251 e. The fraction of sp³-hybridized carbons (Fsp3) is 0.190. The summed E-state index contributed by atoms with van der Waals surface area (Å²) < 4.78 is 2.02.